The van der Waals surface area contributed by atoms with E-state index in [1.165, 1.54) is 110 Å². The first kappa shape index (κ1) is 61.1. The second-order valence-corrected chi connectivity index (χ2v) is 18.5. The maximum absolute atomic E-state index is 15.2. The maximum Gasteiger partial charge on any atom is 0.510 e. The van der Waals surface area contributed by atoms with Crippen molar-refractivity contribution in [2.24, 2.45) is 0 Å². The lowest BCUT2D eigenvalue weighted by molar-refractivity contribution is -0.497. The summed E-state index contributed by atoms with van der Waals surface area (Å²) in [5, 5.41) is 51.3. The first-order chi connectivity index (χ1) is 38.3. The molecule has 6 N–H and O–H groups in total. The van der Waals surface area contributed by atoms with Gasteiger partial charge in [0.2, 0.25) is 11.6 Å². The van der Waals surface area contributed by atoms with Gasteiger partial charge in [-0.25, -0.2) is 56.6 Å². The molecule has 428 valence electrons. The van der Waals surface area contributed by atoms with Crippen LogP contribution < -0.4 is 18.5 Å². The molecule has 0 aliphatic heterocycles. The Morgan fingerprint density at radius 1 is 0.588 bits per heavy atom. The number of esters is 2. The molecule has 0 spiro atoms. The van der Waals surface area contributed by atoms with Crippen LogP contribution in [0.5, 0.6) is 23.1 Å². The van der Waals surface area contributed by atoms with Crippen molar-refractivity contribution in [3.05, 3.63) is 143 Å². The highest BCUT2D eigenvalue weighted by molar-refractivity contribution is 7.92. The third kappa shape index (κ3) is 18.2. The van der Waals surface area contributed by atoms with E-state index in [-0.39, 0.29) is 73.9 Å². The first-order valence-electron chi connectivity index (χ1n) is 23.4. The van der Waals surface area contributed by atoms with E-state index in [4.69, 9.17) is 69.1 Å². The zero-order valence-electron chi connectivity index (χ0n) is 42.7. The minimum Gasteiger partial charge on any atom is -0.493 e. The van der Waals surface area contributed by atoms with Crippen LogP contribution in [0, 0.1) is 0 Å². The van der Waals surface area contributed by atoms with Crippen LogP contribution >= 0.6 is 0 Å². The van der Waals surface area contributed by atoms with Gasteiger partial charge in [0.05, 0.1) is 72.3 Å². The maximum atomic E-state index is 15.2. The van der Waals surface area contributed by atoms with Crippen LogP contribution in [0.4, 0.5) is 10.6 Å². The molecule has 6 rings (SSSR count). The van der Waals surface area contributed by atoms with Crippen molar-refractivity contribution >= 4 is 33.9 Å². The van der Waals surface area contributed by atoms with Crippen molar-refractivity contribution in [1.82, 2.24) is 36.1 Å². The SMILES string of the molecule is COc1ccccc1Oc1c(OCCOC(=O)c2ccc(CON(O)O)cc2)nc(-c2ncccn2)nc1N(COC(=O)OCCOCCON(O)O)S(=O)(=O)c1ccc(C(C)(C)COC(=O)c2ccc(CON(O)O)cc2)cc1. The van der Waals surface area contributed by atoms with Gasteiger partial charge in [-0.3, -0.25) is 31.2 Å². The van der Waals surface area contributed by atoms with Crippen molar-refractivity contribution in [2.45, 2.75) is 37.4 Å². The molecule has 4 aromatic carbocycles. The molecule has 0 fully saturated rings. The molecule has 0 unspecified atom stereocenters. The summed E-state index contributed by atoms with van der Waals surface area (Å²) in [5.74, 6) is -3.39. The number of anilines is 1. The number of sulfonamides is 1. The zero-order valence-corrected chi connectivity index (χ0v) is 43.6. The second-order valence-electron chi connectivity index (χ2n) is 16.7. The Bertz CT molecular complexity index is 3050. The summed E-state index contributed by atoms with van der Waals surface area (Å²) >= 11 is 0. The number of benzene rings is 4. The summed E-state index contributed by atoms with van der Waals surface area (Å²) in [4.78, 5) is 70.1. The van der Waals surface area contributed by atoms with Crippen molar-refractivity contribution in [3.8, 4) is 34.8 Å². The Morgan fingerprint density at radius 3 is 1.74 bits per heavy atom. The molecule has 0 radical (unpaired) electrons. The van der Waals surface area contributed by atoms with Gasteiger partial charge in [0.1, 0.15) is 26.4 Å². The van der Waals surface area contributed by atoms with Gasteiger partial charge in [-0.15, -0.1) is 0 Å². The molecule has 0 atom stereocenters. The van der Waals surface area contributed by atoms with Crippen LogP contribution in [-0.4, -0.2) is 154 Å². The van der Waals surface area contributed by atoms with E-state index in [1.54, 1.807) is 26.0 Å². The molecule has 2 aromatic heterocycles. The molecule has 0 bridgehead atoms. The third-order valence-corrected chi connectivity index (χ3v) is 12.4. The van der Waals surface area contributed by atoms with Crippen molar-refractivity contribution < 1.29 is 106 Å². The van der Waals surface area contributed by atoms with E-state index in [0.29, 0.717) is 21.0 Å². The Balaban J connectivity index is 1.34. The topological polar surface area (TPSA) is 373 Å². The lowest BCUT2D eigenvalue weighted by atomic mass is 9.86. The van der Waals surface area contributed by atoms with Gasteiger partial charge in [-0.2, -0.15) is 4.98 Å². The van der Waals surface area contributed by atoms with Crippen LogP contribution in [0.15, 0.2) is 120 Å². The van der Waals surface area contributed by atoms with Crippen LogP contribution in [0.3, 0.4) is 0 Å². The molecule has 80 heavy (non-hydrogen) atoms. The van der Waals surface area contributed by atoms with Gasteiger partial charge in [-0.1, -0.05) is 62.4 Å². The number of rotatable bonds is 31. The largest absolute Gasteiger partial charge is 0.510 e. The number of methoxy groups -OCH3 is 1. The van der Waals surface area contributed by atoms with Gasteiger partial charge >= 0.3 is 18.1 Å². The Hall–Kier alpha value is -8.12. The molecule has 31 heteroatoms. The summed E-state index contributed by atoms with van der Waals surface area (Å²) in [5.41, 5.74) is 0.897. The summed E-state index contributed by atoms with van der Waals surface area (Å²) in [6.45, 7) is -0.194. The number of hydrogen-bond donors (Lipinski definition) is 6. The molecular weight excluding hydrogens is 1080 g/mol. The summed E-state index contributed by atoms with van der Waals surface area (Å²) < 4.78 is 75.9. The molecule has 0 saturated heterocycles. The molecule has 6 aromatic rings. The third-order valence-electron chi connectivity index (χ3n) is 10.7. The van der Waals surface area contributed by atoms with Crippen molar-refractivity contribution in [2.75, 3.05) is 64.4 Å². The summed E-state index contributed by atoms with van der Waals surface area (Å²) in [6.07, 6.45) is 1.34. The predicted octanol–water partition coefficient (Wildman–Crippen LogP) is 5.46. The van der Waals surface area contributed by atoms with E-state index in [1.807, 2.05) is 0 Å². The number of nitrogens with zero attached hydrogens (tertiary/aromatic N) is 8. The molecule has 0 amide bonds. The fourth-order valence-corrected chi connectivity index (χ4v) is 7.95. The highest BCUT2D eigenvalue weighted by Crippen LogP contribution is 2.44. The number of ether oxygens (including phenoxy) is 8. The Labute approximate surface area is 455 Å². The second kappa shape index (κ2) is 29.7. The van der Waals surface area contributed by atoms with Gasteiger partial charge in [-0.05, 0) is 71.3 Å². The van der Waals surface area contributed by atoms with Crippen molar-refractivity contribution in [3.63, 3.8) is 0 Å². The molecule has 0 aliphatic rings. The van der Waals surface area contributed by atoms with Crippen LogP contribution in [-0.2, 0) is 66.8 Å². The standard InChI is InChI=1S/C49H54N8O22S/c1-49(2,31-74-47(59)36-15-11-34(12-16-36)30-78-57(65)66)37-17-19-38(20-18-37)80(67,68)54(32-75-48(60)73-25-23-70-24-28-76-55(61)62)44-41(79-40-8-5-4-7-39(40)69-3)45(53-43(52-44)42-50-21-6-22-51-42)71-26-27-72-46(58)35-13-9-33(10-14-35)29-77-56(63)64/h4-22,61-66H,23-32H2,1-3H3. The molecule has 0 aliphatic carbocycles. The lowest BCUT2D eigenvalue weighted by Gasteiger charge is -2.27. The number of hydrogen-bond acceptors (Lipinski definition) is 29. The monoisotopic (exact) mass is 1140 g/mol. The van der Waals surface area contributed by atoms with Crippen molar-refractivity contribution in [1.29, 1.82) is 0 Å². The number of aromatic nitrogens is 4. The predicted molar refractivity (Wildman–Crippen MR) is 264 cm³/mol. The minimum atomic E-state index is -4.96. The fourth-order valence-electron chi connectivity index (χ4n) is 6.68. The number of carbonyl (C=O) groups excluding carboxylic acids is 3. The zero-order chi connectivity index (χ0) is 57.7. The summed E-state index contributed by atoms with van der Waals surface area (Å²) in [6, 6.07) is 25.0. The van der Waals surface area contributed by atoms with Gasteiger partial charge in [0.15, 0.2) is 29.9 Å². The van der Waals surface area contributed by atoms with Crippen LogP contribution in [0.25, 0.3) is 11.6 Å². The van der Waals surface area contributed by atoms with Crippen LogP contribution in [0.1, 0.15) is 51.3 Å². The van der Waals surface area contributed by atoms with Gasteiger partial charge < -0.3 is 37.9 Å². The highest BCUT2D eigenvalue weighted by atomic mass is 32.2. The fraction of sp³-hybridized carbons (Fsp3) is 0.286. The first-order valence-corrected chi connectivity index (χ1v) is 24.9. The lowest BCUT2D eigenvalue weighted by Crippen LogP contribution is -2.36. The Kier molecular flexibility index (Phi) is 22.7. The average Bonchev–Trinajstić information content (AvgIpc) is 3.49. The van der Waals surface area contributed by atoms with E-state index in [9.17, 15) is 14.4 Å². The molecule has 0 saturated carbocycles. The van der Waals surface area contributed by atoms with E-state index >= 15 is 8.42 Å². The number of para-hydroxylation sites is 2. The molecule has 2 heterocycles. The van der Waals surface area contributed by atoms with Crippen LogP contribution in [0.2, 0.25) is 0 Å². The average molecular weight is 1140 g/mol. The smallest absolute Gasteiger partial charge is 0.493 e. The highest BCUT2D eigenvalue weighted by Gasteiger charge is 2.35. The summed E-state index contributed by atoms with van der Waals surface area (Å²) in [7, 11) is -3.61. The van der Waals surface area contributed by atoms with E-state index < -0.39 is 98.6 Å². The molecule has 30 nitrogen and oxygen atoms in total. The van der Waals surface area contributed by atoms with E-state index in [2.05, 4.69) is 34.4 Å². The van der Waals surface area contributed by atoms with Gasteiger partial charge in [0.25, 0.3) is 15.9 Å². The Morgan fingerprint density at radius 2 is 1.15 bits per heavy atom. The normalized spacial score (nSPS) is 11.6. The minimum absolute atomic E-state index is 0.0100. The van der Waals surface area contributed by atoms with Gasteiger partial charge in [0, 0.05) is 17.8 Å². The quantitative estimate of drug-likeness (QED) is 0.0103. The van der Waals surface area contributed by atoms with E-state index in [0.717, 1.165) is 0 Å². The number of carbonyl (C=O) groups is 3. The molecular formula is C49H54N8O22S.